The summed E-state index contributed by atoms with van der Waals surface area (Å²) in [7, 11) is 1.52. The van der Waals surface area contributed by atoms with Crippen LogP contribution in [0.5, 0.6) is 5.75 Å². The highest BCUT2D eigenvalue weighted by molar-refractivity contribution is 8.00. The van der Waals surface area contributed by atoms with Gasteiger partial charge in [0, 0.05) is 16.3 Å². The predicted molar refractivity (Wildman–Crippen MR) is 142 cm³/mol. The molecule has 0 spiro atoms. The molecule has 4 aromatic rings. The number of amides is 2. The zero-order valence-corrected chi connectivity index (χ0v) is 20.8. The molecule has 4 aromatic carbocycles. The van der Waals surface area contributed by atoms with Crippen molar-refractivity contribution in [2.45, 2.75) is 10.1 Å². The second-order valence-electron chi connectivity index (χ2n) is 7.71. The third-order valence-electron chi connectivity index (χ3n) is 5.22. The standard InChI is InChI=1S/C28H22ClFN2O3S/c1-35-25-15-14-20(17-23(25)29)32-28(34)26(18-8-3-2-4-9-18)36-21-11-7-10-19(16-21)31-27(33)22-12-5-6-13-24(22)30/h2-17,26H,1H3,(H,31,33)(H,32,34). The minimum atomic E-state index is -0.597. The molecule has 0 aliphatic carbocycles. The van der Waals surface area contributed by atoms with Gasteiger partial charge < -0.3 is 15.4 Å². The van der Waals surface area contributed by atoms with E-state index >= 15 is 0 Å². The maximum atomic E-state index is 14.0. The van der Waals surface area contributed by atoms with Gasteiger partial charge in [0.25, 0.3) is 5.91 Å². The number of hydrogen-bond donors (Lipinski definition) is 2. The molecule has 2 N–H and O–H groups in total. The highest BCUT2D eigenvalue weighted by Crippen LogP contribution is 2.37. The van der Waals surface area contributed by atoms with Crippen LogP contribution in [0, 0.1) is 5.82 Å². The van der Waals surface area contributed by atoms with Crippen molar-refractivity contribution in [1.29, 1.82) is 0 Å². The summed E-state index contributed by atoms with van der Waals surface area (Å²) < 4.78 is 19.2. The lowest BCUT2D eigenvalue weighted by molar-refractivity contribution is -0.115. The van der Waals surface area contributed by atoms with Crippen LogP contribution in [0.3, 0.4) is 0 Å². The number of thioether (sulfide) groups is 1. The fourth-order valence-corrected chi connectivity index (χ4v) is 4.82. The van der Waals surface area contributed by atoms with Gasteiger partial charge in [-0.1, -0.05) is 60.1 Å². The van der Waals surface area contributed by atoms with E-state index in [1.165, 1.54) is 37.1 Å². The Morgan fingerprint density at radius 2 is 1.58 bits per heavy atom. The van der Waals surface area contributed by atoms with E-state index in [-0.39, 0.29) is 11.5 Å². The summed E-state index contributed by atoms with van der Waals surface area (Å²) in [6, 6.07) is 27.2. The van der Waals surface area contributed by atoms with Gasteiger partial charge in [-0.2, -0.15) is 0 Å². The van der Waals surface area contributed by atoms with Gasteiger partial charge in [-0.3, -0.25) is 9.59 Å². The largest absolute Gasteiger partial charge is 0.495 e. The molecule has 1 atom stereocenters. The molecule has 8 heteroatoms. The number of methoxy groups -OCH3 is 1. The van der Waals surface area contributed by atoms with E-state index in [4.69, 9.17) is 16.3 Å². The van der Waals surface area contributed by atoms with Crippen LogP contribution in [0.1, 0.15) is 21.2 Å². The molecule has 1 unspecified atom stereocenters. The Labute approximate surface area is 217 Å². The van der Waals surface area contributed by atoms with Gasteiger partial charge in [-0.15, -0.1) is 11.8 Å². The second-order valence-corrected chi connectivity index (χ2v) is 9.29. The molecule has 0 heterocycles. The molecule has 0 saturated carbocycles. The molecule has 5 nitrogen and oxygen atoms in total. The van der Waals surface area contributed by atoms with E-state index in [1.54, 1.807) is 42.5 Å². The molecular weight excluding hydrogens is 499 g/mol. The molecule has 0 aliphatic rings. The fourth-order valence-electron chi connectivity index (χ4n) is 3.48. The zero-order chi connectivity index (χ0) is 25.5. The van der Waals surface area contributed by atoms with Crippen molar-refractivity contribution >= 4 is 46.6 Å². The van der Waals surface area contributed by atoms with Crippen LogP contribution in [0.2, 0.25) is 5.02 Å². The molecule has 0 saturated heterocycles. The maximum absolute atomic E-state index is 14.0. The highest BCUT2D eigenvalue weighted by Gasteiger charge is 2.23. The monoisotopic (exact) mass is 520 g/mol. The number of nitrogens with one attached hydrogen (secondary N) is 2. The number of hydrogen-bond acceptors (Lipinski definition) is 4. The zero-order valence-electron chi connectivity index (χ0n) is 19.2. The van der Waals surface area contributed by atoms with E-state index < -0.39 is 17.0 Å². The van der Waals surface area contributed by atoms with Gasteiger partial charge in [0.05, 0.1) is 17.7 Å². The summed E-state index contributed by atoms with van der Waals surface area (Å²) in [5.41, 5.74) is 1.79. The molecule has 182 valence electrons. The van der Waals surface area contributed by atoms with E-state index in [0.717, 1.165) is 10.5 Å². The van der Waals surface area contributed by atoms with Gasteiger partial charge in [0.1, 0.15) is 16.8 Å². The highest BCUT2D eigenvalue weighted by atomic mass is 35.5. The first-order valence-electron chi connectivity index (χ1n) is 11.0. The molecule has 4 rings (SSSR count). The summed E-state index contributed by atoms with van der Waals surface area (Å²) in [6.45, 7) is 0. The Balaban J connectivity index is 1.55. The van der Waals surface area contributed by atoms with Crippen molar-refractivity contribution in [1.82, 2.24) is 0 Å². The molecule has 0 aromatic heterocycles. The lowest BCUT2D eigenvalue weighted by Gasteiger charge is -2.18. The number of rotatable bonds is 8. The van der Waals surface area contributed by atoms with Crippen molar-refractivity contribution in [3.05, 3.63) is 119 Å². The second kappa shape index (κ2) is 11.7. The summed E-state index contributed by atoms with van der Waals surface area (Å²) in [4.78, 5) is 26.6. The van der Waals surface area contributed by atoms with Gasteiger partial charge in [0.2, 0.25) is 5.91 Å². The number of anilines is 2. The average molecular weight is 521 g/mol. The maximum Gasteiger partial charge on any atom is 0.258 e. The van der Waals surface area contributed by atoms with Crippen LogP contribution in [0.25, 0.3) is 0 Å². The summed E-state index contributed by atoms with van der Waals surface area (Å²) in [6.07, 6.45) is 0. The first-order valence-corrected chi connectivity index (χ1v) is 12.2. The summed E-state index contributed by atoms with van der Waals surface area (Å²) in [5, 5.41) is 5.43. The molecule has 0 bridgehead atoms. The van der Waals surface area contributed by atoms with Crippen molar-refractivity contribution in [2.24, 2.45) is 0 Å². The van der Waals surface area contributed by atoms with Crippen LogP contribution in [0.4, 0.5) is 15.8 Å². The first-order chi connectivity index (χ1) is 17.4. The van der Waals surface area contributed by atoms with E-state index in [2.05, 4.69) is 10.6 Å². The Kier molecular flexibility index (Phi) is 8.25. The Hall–Kier alpha value is -3.81. The topological polar surface area (TPSA) is 67.4 Å². The van der Waals surface area contributed by atoms with Crippen LogP contribution < -0.4 is 15.4 Å². The average Bonchev–Trinajstić information content (AvgIpc) is 2.88. The molecule has 0 fully saturated rings. The Morgan fingerprint density at radius 3 is 2.31 bits per heavy atom. The predicted octanol–water partition coefficient (Wildman–Crippen LogP) is 7.21. The molecule has 2 amide bonds. The molecule has 0 radical (unpaired) electrons. The first kappa shape index (κ1) is 25.3. The van der Waals surface area contributed by atoms with Crippen LogP contribution in [-0.4, -0.2) is 18.9 Å². The number of carbonyl (C=O) groups is 2. The smallest absolute Gasteiger partial charge is 0.258 e. The Morgan fingerprint density at radius 1 is 0.861 bits per heavy atom. The van der Waals surface area contributed by atoms with Crippen molar-refractivity contribution in [2.75, 3.05) is 17.7 Å². The summed E-state index contributed by atoms with van der Waals surface area (Å²) >= 11 is 7.54. The van der Waals surface area contributed by atoms with Gasteiger partial charge in [0.15, 0.2) is 0 Å². The normalized spacial score (nSPS) is 11.4. The van der Waals surface area contributed by atoms with E-state index in [9.17, 15) is 14.0 Å². The molecule has 36 heavy (non-hydrogen) atoms. The quantitative estimate of drug-likeness (QED) is 0.241. The SMILES string of the molecule is COc1ccc(NC(=O)C(Sc2cccc(NC(=O)c3ccccc3F)c2)c2ccccc2)cc1Cl. The van der Waals surface area contributed by atoms with Crippen molar-refractivity contribution in [3.8, 4) is 5.75 Å². The van der Waals surface area contributed by atoms with Crippen molar-refractivity contribution < 1.29 is 18.7 Å². The lowest BCUT2D eigenvalue weighted by atomic mass is 10.1. The third kappa shape index (κ3) is 6.24. The van der Waals surface area contributed by atoms with Gasteiger partial charge >= 0.3 is 0 Å². The minimum Gasteiger partial charge on any atom is -0.495 e. The van der Waals surface area contributed by atoms with Crippen LogP contribution >= 0.6 is 23.4 Å². The number of carbonyl (C=O) groups excluding carboxylic acids is 2. The van der Waals surface area contributed by atoms with E-state index in [0.29, 0.717) is 22.1 Å². The third-order valence-corrected chi connectivity index (χ3v) is 6.77. The minimum absolute atomic E-state index is 0.0461. The van der Waals surface area contributed by atoms with Crippen LogP contribution in [-0.2, 0) is 4.79 Å². The summed E-state index contributed by atoms with van der Waals surface area (Å²) in [5.74, 6) is -0.880. The fraction of sp³-hybridized carbons (Fsp3) is 0.0714. The number of benzene rings is 4. The van der Waals surface area contributed by atoms with Gasteiger partial charge in [-0.05, 0) is 54.1 Å². The lowest BCUT2D eigenvalue weighted by Crippen LogP contribution is -2.19. The van der Waals surface area contributed by atoms with Crippen LogP contribution in [0.15, 0.2) is 102 Å². The molecular formula is C28H22ClFN2O3S. The Bertz CT molecular complexity index is 1380. The number of ether oxygens (including phenoxy) is 1. The number of halogens is 2. The van der Waals surface area contributed by atoms with Crippen molar-refractivity contribution in [3.63, 3.8) is 0 Å². The van der Waals surface area contributed by atoms with Gasteiger partial charge in [-0.25, -0.2) is 4.39 Å². The molecule has 0 aliphatic heterocycles. The van der Waals surface area contributed by atoms with E-state index in [1.807, 2.05) is 36.4 Å².